The van der Waals surface area contributed by atoms with Gasteiger partial charge in [-0.25, -0.2) is 4.39 Å². The summed E-state index contributed by atoms with van der Waals surface area (Å²) in [4.78, 5) is 28.6. The quantitative estimate of drug-likeness (QED) is 0.417. The van der Waals surface area contributed by atoms with Crippen molar-refractivity contribution in [1.82, 2.24) is 10.2 Å². The molecule has 182 valence electrons. The number of benzene rings is 2. The van der Waals surface area contributed by atoms with Crippen LogP contribution in [0.4, 0.5) is 4.39 Å². The SMILES string of the molecule is O=C1NCCCC[C@@H]1N(Cc1cccc(OCCc2ccccc2F)c1)C(=O)/C=C/c1cccs1. The van der Waals surface area contributed by atoms with Gasteiger partial charge in [0, 0.05) is 30.5 Å². The van der Waals surface area contributed by atoms with Crippen molar-refractivity contribution in [3.05, 3.63) is 93.9 Å². The summed E-state index contributed by atoms with van der Waals surface area (Å²) in [7, 11) is 0. The maximum absolute atomic E-state index is 13.9. The second-order valence-corrected chi connectivity index (χ2v) is 9.43. The minimum absolute atomic E-state index is 0.113. The standard InChI is InChI=1S/C28H29FN2O3S/c29-25-11-2-1-8-22(25)15-17-34-23-9-5-7-21(19-23)20-31(26-12-3-4-16-30-28(26)33)27(32)14-13-24-10-6-18-35-24/h1-2,5-11,13-14,18-19,26H,3-4,12,15-17,20H2,(H,30,33)/b14-13+/t26-/m0/s1. The lowest BCUT2D eigenvalue weighted by Crippen LogP contribution is -2.47. The van der Waals surface area contributed by atoms with Crippen LogP contribution in [0.1, 0.15) is 35.3 Å². The predicted molar refractivity (Wildman–Crippen MR) is 137 cm³/mol. The number of amides is 2. The third-order valence-electron chi connectivity index (χ3n) is 5.95. The van der Waals surface area contributed by atoms with Crippen LogP contribution in [0.25, 0.3) is 6.08 Å². The van der Waals surface area contributed by atoms with Gasteiger partial charge in [0.2, 0.25) is 11.8 Å². The molecule has 1 aliphatic rings. The summed E-state index contributed by atoms with van der Waals surface area (Å²) in [6.45, 7) is 1.26. The first-order valence-corrected chi connectivity index (χ1v) is 12.7. The Balaban J connectivity index is 1.47. The van der Waals surface area contributed by atoms with Gasteiger partial charge >= 0.3 is 0 Å². The molecule has 35 heavy (non-hydrogen) atoms. The molecular formula is C28H29FN2O3S. The number of hydrogen-bond donors (Lipinski definition) is 1. The number of halogens is 1. The van der Waals surface area contributed by atoms with Crippen LogP contribution in [0.15, 0.2) is 72.1 Å². The Hall–Kier alpha value is -3.45. The van der Waals surface area contributed by atoms with Crippen LogP contribution in [0.5, 0.6) is 5.75 Å². The molecule has 0 radical (unpaired) electrons. The Bertz CT molecular complexity index is 1160. The van der Waals surface area contributed by atoms with Gasteiger partial charge in [-0.1, -0.05) is 36.4 Å². The molecule has 5 nitrogen and oxygen atoms in total. The zero-order chi connectivity index (χ0) is 24.5. The van der Waals surface area contributed by atoms with E-state index in [-0.39, 0.29) is 24.2 Å². The van der Waals surface area contributed by atoms with Crippen molar-refractivity contribution in [2.24, 2.45) is 0 Å². The first-order chi connectivity index (χ1) is 17.1. The number of rotatable bonds is 9. The highest BCUT2D eigenvalue weighted by molar-refractivity contribution is 7.10. The Labute approximate surface area is 209 Å². The monoisotopic (exact) mass is 492 g/mol. The number of hydrogen-bond acceptors (Lipinski definition) is 4. The fourth-order valence-corrected chi connectivity index (χ4v) is 4.73. The van der Waals surface area contributed by atoms with E-state index in [4.69, 9.17) is 4.74 Å². The van der Waals surface area contributed by atoms with Crippen molar-refractivity contribution >= 4 is 29.2 Å². The number of thiophene rings is 1. The summed E-state index contributed by atoms with van der Waals surface area (Å²) in [5.74, 6) is 0.0889. The topological polar surface area (TPSA) is 58.6 Å². The van der Waals surface area contributed by atoms with E-state index in [2.05, 4.69) is 5.32 Å². The second-order valence-electron chi connectivity index (χ2n) is 8.45. The highest BCUT2D eigenvalue weighted by Gasteiger charge is 2.30. The third kappa shape index (κ3) is 7.02. The summed E-state index contributed by atoms with van der Waals surface area (Å²) in [5, 5.41) is 4.89. The van der Waals surface area contributed by atoms with Crippen molar-refractivity contribution in [1.29, 1.82) is 0 Å². The van der Waals surface area contributed by atoms with E-state index in [1.807, 2.05) is 41.8 Å². The summed E-state index contributed by atoms with van der Waals surface area (Å²) < 4.78 is 19.7. The molecule has 0 aliphatic carbocycles. The van der Waals surface area contributed by atoms with E-state index < -0.39 is 6.04 Å². The van der Waals surface area contributed by atoms with Gasteiger partial charge in [0.25, 0.3) is 0 Å². The van der Waals surface area contributed by atoms with Gasteiger partial charge in [0.15, 0.2) is 0 Å². The number of carbonyl (C=O) groups excluding carboxylic acids is 2. The Morgan fingerprint density at radius 2 is 2.03 bits per heavy atom. The van der Waals surface area contributed by atoms with Gasteiger partial charge in [-0.15, -0.1) is 11.3 Å². The first-order valence-electron chi connectivity index (χ1n) is 11.9. The minimum Gasteiger partial charge on any atom is -0.493 e. The Kier molecular flexibility index (Phi) is 8.68. The molecular weight excluding hydrogens is 463 g/mol. The van der Waals surface area contributed by atoms with Crippen LogP contribution in [-0.2, 0) is 22.6 Å². The molecule has 3 aromatic rings. The largest absolute Gasteiger partial charge is 0.493 e. The Morgan fingerprint density at radius 1 is 1.14 bits per heavy atom. The van der Waals surface area contributed by atoms with Gasteiger partial charge in [-0.2, -0.15) is 0 Å². The van der Waals surface area contributed by atoms with E-state index >= 15 is 0 Å². The van der Waals surface area contributed by atoms with E-state index in [1.165, 1.54) is 6.07 Å². The third-order valence-corrected chi connectivity index (χ3v) is 6.79. The van der Waals surface area contributed by atoms with Crippen molar-refractivity contribution in [2.45, 2.75) is 38.3 Å². The fourth-order valence-electron chi connectivity index (χ4n) is 4.11. The normalized spacial score (nSPS) is 16.0. The molecule has 1 N–H and O–H groups in total. The van der Waals surface area contributed by atoms with Crippen LogP contribution < -0.4 is 10.1 Å². The summed E-state index contributed by atoms with van der Waals surface area (Å²) >= 11 is 1.55. The molecule has 0 unspecified atom stereocenters. The smallest absolute Gasteiger partial charge is 0.247 e. The molecule has 7 heteroatoms. The van der Waals surface area contributed by atoms with Crippen molar-refractivity contribution in [2.75, 3.05) is 13.2 Å². The van der Waals surface area contributed by atoms with E-state index in [0.29, 0.717) is 37.3 Å². The van der Waals surface area contributed by atoms with E-state index in [9.17, 15) is 14.0 Å². The summed E-state index contributed by atoms with van der Waals surface area (Å²) in [6, 6.07) is 17.5. The van der Waals surface area contributed by atoms with Gasteiger partial charge in [0.1, 0.15) is 17.6 Å². The maximum Gasteiger partial charge on any atom is 0.247 e. The van der Waals surface area contributed by atoms with Gasteiger partial charge < -0.3 is 15.0 Å². The zero-order valence-corrected chi connectivity index (χ0v) is 20.3. The van der Waals surface area contributed by atoms with Crippen molar-refractivity contribution in [3.63, 3.8) is 0 Å². The lowest BCUT2D eigenvalue weighted by molar-refractivity contribution is -0.137. The van der Waals surface area contributed by atoms with Crippen LogP contribution in [0.3, 0.4) is 0 Å². The van der Waals surface area contributed by atoms with Crippen LogP contribution in [-0.4, -0.2) is 35.9 Å². The van der Waals surface area contributed by atoms with Gasteiger partial charge in [0.05, 0.1) is 6.61 Å². The fraction of sp³-hybridized carbons (Fsp3) is 0.286. The summed E-state index contributed by atoms with van der Waals surface area (Å²) in [6.07, 6.45) is 6.19. The molecule has 4 rings (SSSR count). The molecule has 0 bridgehead atoms. The molecule has 1 aromatic heterocycles. The predicted octanol–water partition coefficient (Wildman–Crippen LogP) is 5.22. The summed E-state index contributed by atoms with van der Waals surface area (Å²) in [5.41, 5.74) is 1.47. The van der Waals surface area contributed by atoms with E-state index in [0.717, 1.165) is 23.3 Å². The molecule has 2 amide bonds. The molecule has 2 aromatic carbocycles. The molecule has 1 atom stereocenters. The first kappa shape index (κ1) is 24.7. The van der Waals surface area contributed by atoms with Crippen molar-refractivity contribution < 1.29 is 18.7 Å². The average Bonchev–Trinajstić information content (AvgIpc) is 3.30. The number of nitrogens with zero attached hydrogens (tertiary/aromatic N) is 1. The Morgan fingerprint density at radius 3 is 2.86 bits per heavy atom. The lowest BCUT2D eigenvalue weighted by atomic mass is 10.1. The maximum atomic E-state index is 13.9. The highest BCUT2D eigenvalue weighted by Crippen LogP contribution is 2.21. The minimum atomic E-state index is -0.524. The molecule has 1 saturated heterocycles. The molecule has 1 aliphatic heterocycles. The molecule has 0 saturated carbocycles. The zero-order valence-electron chi connectivity index (χ0n) is 19.5. The number of carbonyl (C=O) groups is 2. The van der Waals surface area contributed by atoms with E-state index in [1.54, 1.807) is 46.6 Å². The number of ether oxygens (including phenoxy) is 1. The van der Waals surface area contributed by atoms with Crippen LogP contribution >= 0.6 is 11.3 Å². The van der Waals surface area contributed by atoms with Crippen LogP contribution in [0, 0.1) is 5.82 Å². The number of nitrogens with one attached hydrogen (secondary N) is 1. The lowest BCUT2D eigenvalue weighted by Gasteiger charge is -2.29. The average molecular weight is 493 g/mol. The molecule has 1 fully saturated rings. The molecule has 2 heterocycles. The van der Waals surface area contributed by atoms with Gasteiger partial charge in [-0.3, -0.25) is 9.59 Å². The van der Waals surface area contributed by atoms with Gasteiger partial charge in [-0.05, 0) is 66.1 Å². The highest BCUT2D eigenvalue weighted by atomic mass is 32.1. The second kappa shape index (κ2) is 12.3. The molecule has 0 spiro atoms. The van der Waals surface area contributed by atoms with Crippen LogP contribution in [0.2, 0.25) is 0 Å². The van der Waals surface area contributed by atoms with Crippen molar-refractivity contribution in [3.8, 4) is 5.75 Å².